The molecule has 0 aliphatic carbocycles. The first-order valence-electron chi connectivity index (χ1n) is 9.41. The molecule has 3 rings (SSSR count). The normalized spacial score (nSPS) is 22.2. The van der Waals surface area contributed by atoms with E-state index in [0.717, 1.165) is 12.1 Å². The number of alkyl halides is 3. The number of carbonyl (C=O) groups is 1. The minimum Gasteiger partial charge on any atom is -0.390 e. The molecular weight excluding hydrogens is 421 g/mol. The Morgan fingerprint density at radius 1 is 1.23 bits per heavy atom. The van der Waals surface area contributed by atoms with Gasteiger partial charge in [0.15, 0.2) is 0 Å². The fourth-order valence-corrected chi connectivity index (χ4v) is 3.59. The minimum absolute atomic E-state index is 0.0735. The van der Waals surface area contributed by atoms with E-state index in [1.54, 1.807) is 30.3 Å². The zero-order valence-corrected chi connectivity index (χ0v) is 16.7. The van der Waals surface area contributed by atoms with E-state index in [1.165, 1.54) is 11.0 Å². The Morgan fingerprint density at radius 2 is 1.93 bits per heavy atom. The maximum atomic E-state index is 12.8. The third-order valence-electron chi connectivity index (χ3n) is 5.15. The molecule has 2 atom stereocenters. The zero-order valence-electron chi connectivity index (χ0n) is 16.0. The number of hydrogen-bond acceptors (Lipinski definition) is 4. The van der Waals surface area contributed by atoms with E-state index in [0.29, 0.717) is 16.1 Å². The van der Waals surface area contributed by atoms with Crippen molar-refractivity contribution in [2.45, 2.75) is 30.8 Å². The van der Waals surface area contributed by atoms with Gasteiger partial charge in [-0.2, -0.15) is 13.2 Å². The summed E-state index contributed by atoms with van der Waals surface area (Å²) in [6.45, 7) is 0.155. The molecule has 0 saturated carbocycles. The first kappa shape index (κ1) is 22.6. The lowest BCUT2D eigenvalue weighted by molar-refractivity contribution is -0.137. The molecule has 1 aliphatic rings. The van der Waals surface area contributed by atoms with Crippen LogP contribution in [0.25, 0.3) is 0 Å². The van der Waals surface area contributed by atoms with Gasteiger partial charge in [0.05, 0.1) is 18.2 Å². The lowest BCUT2D eigenvalue weighted by Crippen LogP contribution is -2.62. The van der Waals surface area contributed by atoms with Crippen LogP contribution in [-0.2, 0) is 12.7 Å². The third-order valence-corrected chi connectivity index (χ3v) is 5.40. The monoisotopic (exact) mass is 442 g/mol. The second kappa shape index (κ2) is 8.93. The fraction of sp³-hybridized carbons (Fsp3) is 0.381. The van der Waals surface area contributed by atoms with Gasteiger partial charge in [-0.15, -0.1) is 0 Å². The summed E-state index contributed by atoms with van der Waals surface area (Å²) in [5, 5.41) is 24.6. The topological polar surface area (TPSA) is 72.8 Å². The molecule has 5 nitrogen and oxygen atoms in total. The summed E-state index contributed by atoms with van der Waals surface area (Å²) >= 11 is 5.84. The lowest BCUT2D eigenvalue weighted by atomic mass is 9.89. The summed E-state index contributed by atoms with van der Waals surface area (Å²) in [6, 6.07) is 11.2. The highest BCUT2D eigenvalue weighted by atomic mass is 35.5. The van der Waals surface area contributed by atoms with Crippen molar-refractivity contribution in [3.05, 3.63) is 70.2 Å². The number of amides is 1. The van der Waals surface area contributed by atoms with Crippen molar-refractivity contribution in [2.75, 3.05) is 19.6 Å². The molecule has 3 N–H and O–H groups in total. The van der Waals surface area contributed by atoms with Crippen LogP contribution in [0.1, 0.15) is 27.9 Å². The Labute approximate surface area is 177 Å². The first-order valence-corrected chi connectivity index (χ1v) is 9.78. The average Bonchev–Trinajstić information content (AvgIpc) is 2.70. The first-order chi connectivity index (χ1) is 14.1. The van der Waals surface area contributed by atoms with Crippen molar-refractivity contribution in [1.29, 1.82) is 0 Å². The van der Waals surface area contributed by atoms with E-state index in [2.05, 4.69) is 5.32 Å². The molecule has 162 valence electrons. The highest BCUT2D eigenvalue weighted by Crippen LogP contribution is 2.29. The lowest BCUT2D eigenvalue weighted by Gasteiger charge is -2.42. The zero-order chi connectivity index (χ0) is 21.9. The van der Waals surface area contributed by atoms with Crippen LogP contribution >= 0.6 is 11.6 Å². The minimum atomic E-state index is -4.43. The number of rotatable bonds is 5. The molecule has 1 amide bonds. The second-order valence-electron chi connectivity index (χ2n) is 7.44. The Morgan fingerprint density at radius 3 is 2.60 bits per heavy atom. The van der Waals surface area contributed by atoms with Gasteiger partial charge in [-0.05, 0) is 42.3 Å². The van der Waals surface area contributed by atoms with Crippen molar-refractivity contribution < 1.29 is 28.2 Å². The van der Waals surface area contributed by atoms with E-state index in [4.69, 9.17) is 11.6 Å². The van der Waals surface area contributed by atoms with Crippen molar-refractivity contribution in [3.8, 4) is 0 Å². The predicted molar refractivity (Wildman–Crippen MR) is 106 cm³/mol. The Kier molecular flexibility index (Phi) is 6.71. The van der Waals surface area contributed by atoms with Gasteiger partial charge in [0, 0.05) is 30.2 Å². The van der Waals surface area contributed by atoms with Crippen LogP contribution in [0.5, 0.6) is 0 Å². The van der Waals surface area contributed by atoms with Gasteiger partial charge in [-0.1, -0.05) is 29.8 Å². The van der Waals surface area contributed by atoms with E-state index < -0.39 is 23.4 Å². The summed E-state index contributed by atoms with van der Waals surface area (Å²) in [5.74, 6) is -0.296. The number of halogens is 4. The van der Waals surface area contributed by atoms with E-state index in [9.17, 15) is 28.2 Å². The summed E-state index contributed by atoms with van der Waals surface area (Å²) in [7, 11) is 0. The Bertz CT molecular complexity index is 892. The number of benzene rings is 2. The van der Waals surface area contributed by atoms with Crippen LogP contribution in [0.4, 0.5) is 13.2 Å². The van der Waals surface area contributed by atoms with E-state index >= 15 is 0 Å². The Hall–Kier alpha value is -2.13. The predicted octanol–water partition coefficient (Wildman–Crippen LogP) is 3.09. The quantitative estimate of drug-likeness (QED) is 0.665. The molecule has 9 heteroatoms. The van der Waals surface area contributed by atoms with Gasteiger partial charge in [0.25, 0.3) is 5.91 Å². The van der Waals surface area contributed by atoms with Crippen LogP contribution in [-0.4, -0.2) is 52.4 Å². The highest BCUT2D eigenvalue weighted by Gasteiger charge is 2.42. The van der Waals surface area contributed by atoms with Crippen LogP contribution in [0.3, 0.4) is 0 Å². The maximum absolute atomic E-state index is 12.8. The molecule has 0 aromatic heterocycles. The van der Waals surface area contributed by atoms with Crippen molar-refractivity contribution in [1.82, 2.24) is 10.2 Å². The van der Waals surface area contributed by atoms with Gasteiger partial charge >= 0.3 is 6.18 Å². The van der Waals surface area contributed by atoms with Gasteiger partial charge < -0.3 is 20.4 Å². The van der Waals surface area contributed by atoms with Crippen LogP contribution in [0.15, 0.2) is 48.5 Å². The van der Waals surface area contributed by atoms with Crippen molar-refractivity contribution in [3.63, 3.8) is 0 Å². The number of likely N-dealkylation sites (tertiary alicyclic amines) is 1. The van der Waals surface area contributed by atoms with Gasteiger partial charge in [-0.25, -0.2) is 0 Å². The largest absolute Gasteiger partial charge is 0.416 e. The van der Waals surface area contributed by atoms with Gasteiger partial charge in [0.2, 0.25) is 0 Å². The second-order valence-corrected chi connectivity index (χ2v) is 7.88. The van der Waals surface area contributed by atoms with Crippen LogP contribution in [0, 0.1) is 0 Å². The molecule has 0 bridgehead atoms. The third kappa shape index (κ3) is 5.31. The smallest absolute Gasteiger partial charge is 0.390 e. The number of β-amino-alcohol motifs (C(OH)–C–C–N with tert-alkyl or cyclic N) is 1. The average molecular weight is 443 g/mol. The van der Waals surface area contributed by atoms with Crippen LogP contribution in [0.2, 0.25) is 5.02 Å². The van der Waals surface area contributed by atoms with Gasteiger partial charge in [-0.3, -0.25) is 4.79 Å². The molecule has 0 unspecified atom stereocenters. The fourth-order valence-electron chi connectivity index (χ4n) is 3.46. The number of nitrogens with zero attached hydrogens (tertiary/aromatic N) is 1. The SMILES string of the molecule is O=C(c1ccc(Cl)cc1)N1CC[C@H](O)[C@@](O)(CNCc2cccc(C(F)(F)F)c2)C1. The molecule has 1 aliphatic heterocycles. The molecular formula is C21H22ClF3N2O3. The summed E-state index contributed by atoms with van der Waals surface area (Å²) < 4.78 is 38.5. The summed E-state index contributed by atoms with van der Waals surface area (Å²) in [6.07, 6.45) is -5.32. The molecule has 30 heavy (non-hydrogen) atoms. The number of aliphatic hydroxyl groups excluding tert-OH is 1. The molecule has 2 aromatic carbocycles. The highest BCUT2D eigenvalue weighted by molar-refractivity contribution is 6.30. The van der Waals surface area contributed by atoms with Crippen LogP contribution < -0.4 is 5.32 Å². The number of hydrogen-bond donors (Lipinski definition) is 3. The molecule has 1 heterocycles. The van der Waals surface area contributed by atoms with Crippen molar-refractivity contribution >= 4 is 17.5 Å². The summed E-state index contributed by atoms with van der Waals surface area (Å²) in [5.41, 5.74) is -1.57. The number of nitrogens with one attached hydrogen (secondary N) is 1. The van der Waals surface area contributed by atoms with Crippen molar-refractivity contribution in [2.24, 2.45) is 0 Å². The number of carbonyl (C=O) groups excluding carboxylic acids is 1. The van der Waals surface area contributed by atoms with Gasteiger partial charge in [0.1, 0.15) is 5.60 Å². The molecule has 1 fully saturated rings. The molecule has 0 spiro atoms. The molecule has 0 radical (unpaired) electrons. The molecule has 2 aromatic rings. The van der Waals surface area contributed by atoms with E-state index in [1.807, 2.05) is 0 Å². The van der Waals surface area contributed by atoms with E-state index in [-0.39, 0.29) is 38.5 Å². The maximum Gasteiger partial charge on any atom is 0.416 e. The molecule has 1 saturated heterocycles. The standard InChI is InChI=1S/C21H22ClF3N2O3/c22-17-6-4-15(5-7-17)19(29)27-9-8-18(28)20(30,13-27)12-26-11-14-2-1-3-16(10-14)21(23,24)25/h1-7,10,18,26,28,30H,8-9,11-13H2/t18-,20+/m0/s1. The Balaban J connectivity index is 1.63. The summed E-state index contributed by atoms with van der Waals surface area (Å²) in [4.78, 5) is 14.1. The number of piperidine rings is 1. The number of aliphatic hydroxyl groups is 2.